The number of carbonyl (C=O) groups excluding carboxylic acids is 2. The fourth-order valence-corrected chi connectivity index (χ4v) is 1.37. The van der Waals surface area contributed by atoms with E-state index in [4.69, 9.17) is 9.84 Å². The van der Waals surface area contributed by atoms with Crippen LogP contribution in [-0.4, -0.2) is 36.2 Å². The van der Waals surface area contributed by atoms with Gasteiger partial charge in [0.2, 0.25) is 0 Å². The van der Waals surface area contributed by atoms with Crippen molar-refractivity contribution in [2.45, 2.75) is 47.0 Å². The van der Waals surface area contributed by atoms with Crippen molar-refractivity contribution < 1.29 is 34.0 Å². The van der Waals surface area contributed by atoms with Crippen molar-refractivity contribution in [2.75, 3.05) is 13.2 Å². The molecule has 0 aromatic heterocycles. The van der Waals surface area contributed by atoms with Crippen LogP contribution in [0.5, 0.6) is 0 Å². The van der Waals surface area contributed by atoms with Crippen molar-refractivity contribution in [2.24, 2.45) is 5.92 Å². The molecule has 0 aromatic rings. The summed E-state index contributed by atoms with van der Waals surface area (Å²) in [4.78, 5) is 38.1. The van der Waals surface area contributed by atoms with Crippen molar-refractivity contribution in [1.29, 1.82) is 0 Å². The molecular weight excluding hydrogens is 316 g/mol. The molecule has 0 bridgehead atoms. The Kier molecular flexibility index (Phi) is 15.8. The second kappa shape index (κ2) is 15.7. The van der Waals surface area contributed by atoms with Gasteiger partial charge < -0.3 is 9.84 Å². The first-order valence-electron chi connectivity index (χ1n) is 7.73. The van der Waals surface area contributed by atoms with Crippen LogP contribution in [0.1, 0.15) is 47.0 Å². The van der Waals surface area contributed by atoms with Gasteiger partial charge in [0.05, 0.1) is 13.2 Å². The number of carbonyl (C=O) groups is 3. The number of aliphatic carboxylic acids is 1. The lowest BCUT2D eigenvalue weighted by atomic mass is 10.0. The summed E-state index contributed by atoms with van der Waals surface area (Å²) in [6, 6.07) is 0. The van der Waals surface area contributed by atoms with Gasteiger partial charge in [-0.1, -0.05) is 25.2 Å². The van der Waals surface area contributed by atoms with Gasteiger partial charge in [-0.3, -0.25) is 4.89 Å². The number of carboxylic acids is 1. The molecule has 0 fully saturated rings. The Bertz CT molecular complexity index is 423. The molecule has 138 valence electrons. The van der Waals surface area contributed by atoms with Gasteiger partial charge in [-0.2, -0.15) is 4.89 Å². The first-order chi connectivity index (χ1) is 11.2. The van der Waals surface area contributed by atoms with Gasteiger partial charge in [0.1, 0.15) is 0 Å². The van der Waals surface area contributed by atoms with Gasteiger partial charge >= 0.3 is 17.9 Å². The second-order valence-electron chi connectivity index (χ2n) is 5.21. The fourth-order valence-electron chi connectivity index (χ4n) is 1.37. The normalized spacial score (nSPS) is 10.5. The van der Waals surface area contributed by atoms with Crippen molar-refractivity contribution >= 4 is 17.9 Å². The van der Waals surface area contributed by atoms with Crippen LogP contribution in [-0.2, 0) is 28.9 Å². The largest absolute Gasteiger partial charge is 0.473 e. The molecular formula is C17H28O7. The zero-order valence-corrected chi connectivity index (χ0v) is 14.9. The number of carboxylic acid groups (broad SMARTS) is 1. The lowest BCUT2D eigenvalue weighted by Crippen LogP contribution is -2.16. The molecule has 7 nitrogen and oxygen atoms in total. The highest BCUT2D eigenvalue weighted by molar-refractivity contribution is 6.28. The quantitative estimate of drug-likeness (QED) is 0.171. The van der Waals surface area contributed by atoms with Crippen LogP contribution < -0.4 is 0 Å². The van der Waals surface area contributed by atoms with E-state index in [0.717, 1.165) is 19.3 Å². The van der Waals surface area contributed by atoms with Crippen LogP contribution in [0.2, 0.25) is 0 Å². The van der Waals surface area contributed by atoms with Crippen LogP contribution in [0.3, 0.4) is 0 Å². The van der Waals surface area contributed by atoms with Crippen LogP contribution in [0.15, 0.2) is 24.3 Å². The number of esters is 1. The summed E-state index contributed by atoms with van der Waals surface area (Å²) in [6.45, 7) is 11.9. The Morgan fingerprint density at radius 3 is 2.29 bits per heavy atom. The number of allylic oxidation sites excluding steroid dienone is 2. The minimum absolute atomic E-state index is 0.138. The molecule has 1 N–H and O–H groups in total. The van der Waals surface area contributed by atoms with E-state index in [1.807, 2.05) is 0 Å². The van der Waals surface area contributed by atoms with E-state index in [2.05, 4.69) is 43.2 Å². The average Bonchev–Trinajstić information content (AvgIpc) is 2.52. The molecule has 0 aromatic carbocycles. The Labute approximate surface area is 143 Å². The highest BCUT2D eigenvalue weighted by Gasteiger charge is 2.12. The third-order valence-electron chi connectivity index (χ3n) is 2.66. The molecule has 0 rings (SSSR count). The summed E-state index contributed by atoms with van der Waals surface area (Å²) in [5.74, 6) is -2.80. The highest BCUT2D eigenvalue weighted by Crippen LogP contribution is 2.11. The Morgan fingerprint density at radius 2 is 1.83 bits per heavy atom. The van der Waals surface area contributed by atoms with Crippen molar-refractivity contribution in [1.82, 2.24) is 0 Å². The smallest absolute Gasteiger partial charge is 0.449 e. The molecule has 0 aliphatic heterocycles. The lowest BCUT2D eigenvalue weighted by Gasteiger charge is -2.09. The number of rotatable bonds is 9. The molecule has 24 heavy (non-hydrogen) atoms. The number of hydrogen-bond donors (Lipinski definition) is 1. The lowest BCUT2D eigenvalue weighted by molar-refractivity contribution is -0.268. The van der Waals surface area contributed by atoms with Crippen molar-refractivity contribution in [3.8, 4) is 0 Å². The predicted molar refractivity (Wildman–Crippen MR) is 89.0 cm³/mol. The predicted octanol–water partition coefficient (Wildman–Crippen LogP) is 3.05. The Balaban J connectivity index is 0. The van der Waals surface area contributed by atoms with Gasteiger partial charge in [0.25, 0.3) is 0 Å². The number of ether oxygens (including phenoxy) is 1. The van der Waals surface area contributed by atoms with Crippen LogP contribution in [0.4, 0.5) is 0 Å². The minimum atomic E-state index is -1.66. The zero-order valence-electron chi connectivity index (χ0n) is 14.9. The van der Waals surface area contributed by atoms with E-state index in [0.29, 0.717) is 12.5 Å². The SMILES string of the molecule is C=CC(=O)OCCC(C)CCC=C(C)C.CCOOC(=O)C(=O)O. The maximum absolute atomic E-state index is 10.7. The van der Waals surface area contributed by atoms with Gasteiger partial charge in [0.15, 0.2) is 0 Å². The van der Waals surface area contributed by atoms with Gasteiger partial charge in [-0.15, -0.1) is 0 Å². The first kappa shape index (κ1) is 24.1. The summed E-state index contributed by atoms with van der Waals surface area (Å²) < 4.78 is 4.92. The van der Waals surface area contributed by atoms with E-state index in [1.54, 1.807) is 6.92 Å². The molecule has 0 amide bonds. The summed E-state index contributed by atoms with van der Waals surface area (Å²) in [5.41, 5.74) is 1.36. The monoisotopic (exact) mass is 344 g/mol. The summed E-state index contributed by atoms with van der Waals surface area (Å²) in [5, 5.41) is 7.85. The Hall–Kier alpha value is -2.15. The highest BCUT2D eigenvalue weighted by atomic mass is 17.2. The summed E-state index contributed by atoms with van der Waals surface area (Å²) in [7, 11) is 0. The molecule has 0 aliphatic carbocycles. The third kappa shape index (κ3) is 17.9. The molecule has 0 aliphatic rings. The summed E-state index contributed by atoms with van der Waals surface area (Å²) in [6.07, 6.45) is 6.63. The van der Waals surface area contributed by atoms with Crippen LogP contribution >= 0.6 is 0 Å². The van der Waals surface area contributed by atoms with E-state index >= 15 is 0 Å². The maximum atomic E-state index is 10.7. The second-order valence-corrected chi connectivity index (χ2v) is 5.21. The average molecular weight is 344 g/mol. The maximum Gasteiger partial charge on any atom is 0.449 e. The summed E-state index contributed by atoms with van der Waals surface area (Å²) >= 11 is 0. The molecule has 0 heterocycles. The molecule has 7 heteroatoms. The first-order valence-corrected chi connectivity index (χ1v) is 7.73. The number of hydrogen-bond acceptors (Lipinski definition) is 6. The van der Waals surface area contributed by atoms with Gasteiger partial charge in [0, 0.05) is 6.08 Å². The molecule has 0 radical (unpaired) electrons. The van der Waals surface area contributed by atoms with Gasteiger partial charge in [-0.25, -0.2) is 14.4 Å². The third-order valence-corrected chi connectivity index (χ3v) is 2.66. The topological polar surface area (TPSA) is 99.1 Å². The molecule has 0 spiro atoms. The zero-order chi connectivity index (χ0) is 19.0. The standard InChI is InChI=1S/C13H22O2.C4H6O5/c1-5-13(14)15-10-9-12(4)8-6-7-11(2)3;1-2-8-9-4(7)3(5)6/h5,7,12H,1,6,8-10H2,2-4H3;2H2,1H3,(H,5,6). The fraction of sp³-hybridized carbons (Fsp3) is 0.588. The van der Waals surface area contributed by atoms with Gasteiger partial charge in [-0.05, 0) is 46.0 Å². The van der Waals surface area contributed by atoms with Crippen molar-refractivity contribution in [3.05, 3.63) is 24.3 Å². The van der Waals surface area contributed by atoms with E-state index in [9.17, 15) is 14.4 Å². The van der Waals surface area contributed by atoms with Crippen LogP contribution in [0.25, 0.3) is 0 Å². The van der Waals surface area contributed by atoms with E-state index in [-0.39, 0.29) is 12.6 Å². The minimum Gasteiger partial charge on any atom is -0.473 e. The Morgan fingerprint density at radius 1 is 1.21 bits per heavy atom. The van der Waals surface area contributed by atoms with E-state index in [1.165, 1.54) is 11.6 Å². The van der Waals surface area contributed by atoms with E-state index < -0.39 is 11.9 Å². The molecule has 0 saturated heterocycles. The van der Waals surface area contributed by atoms with Crippen LogP contribution in [0, 0.1) is 5.92 Å². The van der Waals surface area contributed by atoms with Crippen molar-refractivity contribution in [3.63, 3.8) is 0 Å². The molecule has 0 saturated carbocycles. The molecule has 1 atom stereocenters. The molecule has 1 unspecified atom stereocenters.